The number of halogens is 3. The first-order chi connectivity index (χ1) is 8.97. The maximum Gasteiger partial charge on any atom is 0.416 e. The van der Waals surface area contributed by atoms with Crippen LogP contribution in [0.15, 0.2) is 18.2 Å². The molecule has 1 unspecified atom stereocenters. The van der Waals surface area contributed by atoms with E-state index in [0.29, 0.717) is 17.0 Å². The molecule has 0 bridgehead atoms. The van der Waals surface area contributed by atoms with Crippen molar-refractivity contribution in [1.29, 1.82) is 0 Å². The molecule has 2 heterocycles. The molecule has 1 atom stereocenters. The van der Waals surface area contributed by atoms with Crippen LogP contribution in [0, 0.1) is 0 Å². The molecule has 2 aromatic rings. The molecule has 7 heteroatoms. The Balaban J connectivity index is 2.12. The number of rotatable bonds is 1. The van der Waals surface area contributed by atoms with Crippen molar-refractivity contribution in [3.63, 3.8) is 0 Å². The summed E-state index contributed by atoms with van der Waals surface area (Å²) in [4.78, 5) is 4.06. The van der Waals surface area contributed by atoms with Gasteiger partial charge in [0.25, 0.3) is 0 Å². The quantitative estimate of drug-likeness (QED) is 0.875. The minimum absolute atomic E-state index is 0.228. The molecule has 0 radical (unpaired) electrons. The highest BCUT2D eigenvalue weighted by atomic mass is 32.2. The van der Waals surface area contributed by atoms with Gasteiger partial charge < -0.3 is 10.3 Å². The lowest BCUT2D eigenvalue weighted by Gasteiger charge is -2.13. The molecule has 1 aliphatic heterocycles. The van der Waals surface area contributed by atoms with Crippen molar-refractivity contribution >= 4 is 28.7 Å². The first-order valence-corrected chi connectivity index (χ1v) is 7.04. The number of nitrogens with zero attached hydrogens (tertiary/aromatic N) is 2. The first-order valence-electron chi connectivity index (χ1n) is 5.89. The summed E-state index contributed by atoms with van der Waals surface area (Å²) in [5.41, 5.74) is 6.15. The Hall–Kier alpha value is -1.37. The monoisotopic (exact) mass is 287 g/mol. The summed E-state index contributed by atoms with van der Waals surface area (Å²) in [5.74, 6) is 2.27. The largest absolute Gasteiger partial charge is 0.416 e. The highest BCUT2D eigenvalue weighted by Gasteiger charge is 2.31. The van der Waals surface area contributed by atoms with E-state index in [1.807, 2.05) is 16.3 Å². The Morgan fingerprint density at radius 3 is 2.79 bits per heavy atom. The fourth-order valence-electron chi connectivity index (χ4n) is 2.40. The average Bonchev–Trinajstić information content (AvgIpc) is 2.92. The summed E-state index contributed by atoms with van der Waals surface area (Å²) in [7, 11) is 0. The minimum Gasteiger partial charge on any atom is -0.369 e. The highest BCUT2D eigenvalue weighted by Crippen LogP contribution is 2.35. The van der Waals surface area contributed by atoms with Crippen LogP contribution in [-0.2, 0) is 6.18 Å². The van der Waals surface area contributed by atoms with Crippen LogP contribution in [0.3, 0.4) is 0 Å². The third-order valence-electron chi connectivity index (χ3n) is 3.31. The normalized spacial score (nSPS) is 20.3. The van der Waals surface area contributed by atoms with Crippen molar-refractivity contribution in [2.24, 2.45) is 0 Å². The number of thioether (sulfide) groups is 1. The molecule has 1 saturated heterocycles. The van der Waals surface area contributed by atoms with Gasteiger partial charge in [0.15, 0.2) is 0 Å². The maximum atomic E-state index is 12.7. The van der Waals surface area contributed by atoms with E-state index in [1.54, 1.807) is 0 Å². The number of hydrogen-bond acceptors (Lipinski definition) is 3. The Kier molecular flexibility index (Phi) is 2.88. The smallest absolute Gasteiger partial charge is 0.369 e. The molecule has 0 spiro atoms. The van der Waals surface area contributed by atoms with Crippen LogP contribution in [0.2, 0.25) is 0 Å². The van der Waals surface area contributed by atoms with Gasteiger partial charge in [-0.05, 0) is 30.4 Å². The van der Waals surface area contributed by atoms with Crippen LogP contribution in [0.5, 0.6) is 0 Å². The molecule has 0 saturated carbocycles. The van der Waals surface area contributed by atoms with Crippen molar-refractivity contribution in [3.05, 3.63) is 23.8 Å². The molecular formula is C12H12F3N3S. The number of aromatic nitrogens is 2. The lowest BCUT2D eigenvalue weighted by atomic mass is 10.2. The van der Waals surface area contributed by atoms with Gasteiger partial charge in [-0.2, -0.15) is 24.9 Å². The Labute approximate surface area is 112 Å². The molecule has 1 aromatic heterocycles. The van der Waals surface area contributed by atoms with Crippen molar-refractivity contribution < 1.29 is 13.2 Å². The summed E-state index contributed by atoms with van der Waals surface area (Å²) in [6.45, 7) is 0. The highest BCUT2D eigenvalue weighted by molar-refractivity contribution is 7.99. The molecule has 0 aliphatic carbocycles. The van der Waals surface area contributed by atoms with E-state index in [4.69, 9.17) is 5.73 Å². The summed E-state index contributed by atoms with van der Waals surface area (Å²) < 4.78 is 39.8. The molecule has 19 heavy (non-hydrogen) atoms. The lowest BCUT2D eigenvalue weighted by molar-refractivity contribution is -0.137. The van der Waals surface area contributed by atoms with E-state index in [0.717, 1.165) is 30.1 Å². The van der Waals surface area contributed by atoms with Gasteiger partial charge in [-0.25, -0.2) is 4.98 Å². The van der Waals surface area contributed by atoms with Gasteiger partial charge in [0.1, 0.15) is 0 Å². The van der Waals surface area contributed by atoms with Gasteiger partial charge in [-0.3, -0.25) is 0 Å². The van der Waals surface area contributed by atoms with Gasteiger partial charge in [0, 0.05) is 11.8 Å². The number of benzene rings is 1. The predicted molar refractivity (Wildman–Crippen MR) is 70.1 cm³/mol. The molecule has 3 rings (SSSR count). The number of fused-ring (bicyclic) bond motifs is 1. The fraction of sp³-hybridized carbons (Fsp3) is 0.417. The van der Waals surface area contributed by atoms with E-state index in [-0.39, 0.29) is 6.04 Å². The van der Waals surface area contributed by atoms with Crippen LogP contribution in [-0.4, -0.2) is 21.1 Å². The molecule has 1 aliphatic rings. The van der Waals surface area contributed by atoms with E-state index in [9.17, 15) is 13.2 Å². The van der Waals surface area contributed by atoms with Crippen LogP contribution in [0.1, 0.15) is 18.0 Å². The van der Waals surface area contributed by atoms with Crippen LogP contribution in [0.4, 0.5) is 19.1 Å². The molecule has 3 nitrogen and oxygen atoms in total. The predicted octanol–water partition coefficient (Wildman–Crippen LogP) is 3.32. The van der Waals surface area contributed by atoms with Crippen LogP contribution >= 0.6 is 11.8 Å². The van der Waals surface area contributed by atoms with E-state index in [1.165, 1.54) is 6.07 Å². The second kappa shape index (κ2) is 4.33. The summed E-state index contributed by atoms with van der Waals surface area (Å²) in [6, 6.07) is 3.84. The molecular weight excluding hydrogens is 275 g/mol. The number of anilines is 1. The minimum atomic E-state index is -4.35. The van der Waals surface area contributed by atoms with E-state index >= 15 is 0 Å². The Morgan fingerprint density at radius 1 is 1.37 bits per heavy atom. The number of alkyl halides is 3. The molecule has 1 fully saturated rings. The van der Waals surface area contributed by atoms with Crippen molar-refractivity contribution in [3.8, 4) is 0 Å². The maximum absolute atomic E-state index is 12.7. The van der Waals surface area contributed by atoms with Gasteiger partial charge in [0.05, 0.1) is 16.6 Å². The van der Waals surface area contributed by atoms with Crippen molar-refractivity contribution in [2.75, 3.05) is 17.2 Å². The van der Waals surface area contributed by atoms with Gasteiger partial charge >= 0.3 is 6.18 Å². The zero-order valence-electron chi connectivity index (χ0n) is 9.94. The van der Waals surface area contributed by atoms with Gasteiger partial charge in [0.2, 0.25) is 5.95 Å². The zero-order valence-corrected chi connectivity index (χ0v) is 10.8. The number of nitrogen functional groups attached to an aromatic ring is 1. The van der Waals surface area contributed by atoms with Gasteiger partial charge in [-0.15, -0.1) is 0 Å². The number of imidazole rings is 1. The summed E-state index contributed by atoms with van der Waals surface area (Å²) in [5, 5.41) is 0. The topological polar surface area (TPSA) is 43.8 Å². The SMILES string of the molecule is Nc1nc2cc(C(F)(F)F)ccc2n1C1CCSC1. The molecule has 1 aromatic carbocycles. The fourth-order valence-corrected chi connectivity index (χ4v) is 3.60. The lowest BCUT2D eigenvalue weighted by Crippen LogP contribution is -2.11. The van der Waals surface area contributed by atoms with Crippen LogP contribution < -0.4 is 5.73 Å². The Bertz CT molecular complexity index is 614. The second-order valence-corrected chi connectivity index (χ2v) is 5.71. The first kappa shape index (κ1) is 12.7. The average molecular weight is 287 g/mol. The third kappa shape index (κ3) is 2.16. The van der Waals surface area contributed by atoms with E-state index in [2.05, 4.69) is 4.98 Å². The standard InChI is InChI=1S/C12H12F3N3S/c13-12(14,15)7-1-2-10-9(5-7)17-11(16)18(10)8-3-4-19-6-8/h1-2,5,8H,3-4,6H2,(H2,16,17). The number of hydrogen-bond donors (Lipinski definition) is 1. The molecule has 102 valence electrons. The Morgan fingerprint density at radius 2 is 2.16 bits per heavy atom. The zero-order chi connectivity index (χ0) is 13.6. The van der Waals surface area contributed by atoms with Crippen molar-refractivity contribution in [1.82, 2.24) is 9.55 Å². The third-order valence-corrected chi connectivity index (χ3v) is 4.46. The molecule has 2 N–H and O–H groups in total. The van der Waals surface area contributed by atoms with E-state index < -0.39 is 11.7 Å². The molecule has 0 amide bonds. The van der Waals surface area contributed by atoms with Crippen LogP contribution in [0.25, 0.3) is 11.0 Å². The summed E-state index contributed by atoms with van der Waals surface area (Å²) in [6.07, 6.45) is -3.38. The van der Waals surface area contributed by atoms with Crippen molar-refractivity contribution in [2.45, 2.75) is 18.6 Å². The van der Waals surface area contributed by atoms with Gasteiger partial charge in [-0.1, -0.05) is 0 Å². The second-order valence-electron chi connectivity index (χ2n) is 4.56. The summed E-state index contributed by atoms with van der Waals surface area (Å²) >= 11 is 1.82. The number of nitrogens with two attached hydrogens (primary N) is 1.